The zero-order valence-corrected chi connectivity index (χ0v) is 13.3. The van der Waals surface area contributed by atoms with Gasteiger partial charge >= 0.3 is 0 Å². The molecule has 0 saturated carbocycles. The normalized spacial score (nSPS) is 19.3. The Kier molecular flexibility index (Phi) is 5.11. The van der Waals surface area contributed by atoms with E-state index in [4.69, 9.17) is 33.1 Å². The van der Waals surface area contributed by atoms with Gasteiger partial charge in [-0.2, -0.15) is 0 Å². The quantitative estimate of drug-likeness (QED) is 0.861. The fourth-order valence-corrected chi connectivity index (χ4v) is 3.51. The van der Waals surface area contributed by atoms with Crippen LogP contribution in [0.2, 0.25) is 10.0 Å². The second-order valence-electron chi connectivity index (χ2n) is 4.70. The summed E-state index contributed by atoms with van der Waals surface area (Å²) in [5.41, 5.74) is -0.0289. The summed E-state index contributed by atoms with van der Waals surface area (Å²) >= 11 is 11.8. The Morgan fingerprint density at radius 1 is 1.38 bits per heavy atom. The molecule has 1 heterocycles. The Balaban J connectivity index is 2.30. The van der Waals surface area contributed by atoms with Crippen LogP contribution in [0.1, 0.15) is 23.2 Å². The summed E-state index contributed by atoms with van der Waals surface area (Å²) in [4.78, 5) is 11.8. The molecule has 0 aliphatic carbocycles. The van der Waals surface area contributed by atoms with E-state index in [1.165, 1.54) is 6.07 Å². The van der Waals surface area contributed by atoms with Crippen molar-refractivity contribution in [3.05, 3.63) is 27.7 Å². The first-order chi connectivity index (χ1) is 9.79. The molecule has 21 heavy (non-hydrogen) atoms. The van der Waals surface area contributed by atoms with Crippen molar-refractivity contribution < 1.29 is 17.9 Å². The minimum atomic E-state index is -4.07. The highest BCUT2D eigenvalue weighted by Gasteiger charge is 2.23. The van der Waals surface area contributed by atoms with Crippen LogP contribution >= 0.6 is 23.2 Å². The van der Waals surface area contributed by atoms with Gasteiger partial charge in [-0.25, -0.2) is 13.6 Å². The Labute approximate surface area is 132 Å². The van der Waals surface area contributed by atoms with Crippen LogP contribution in [0.4, 0.5) is 0 Å². The highest BCUT2D eigenvalue weighted by atomic mass is 35.5. The lowest BCUT2D eigenvalue weighted by molar-refractivity contribution is 0.0624. The van der Waals surface area contributed by atoms with Crippen molar-refractivity contribution in [2.75, 3.05) is 13.2 Å². The van der Waals surface area contributed by atoms with Gasteiger partial charge in [0.15, 0.2) is 0 Å². The van der Waals surface area contributed by atoms with E-state index in [9.17, 15) is 13.2 Å². The van der Waals surface area contributed by atoms with Gasteiger partial charge in [0.1, 0.15) is 4.90 Å². The Morgan fingerprint density at radius 3 is 2.67 bits per heavy atom. The average molecular weight is 353 g/mol. The number of carbonyl (C=O) groups is 1. The van der Waals surface area contributed by atoms with Crippen molar-refractivity contribution in [2.24, 2.45) is 5.14 Å². The molecule has 1 aromatic rings. The molecule has 1 aromatic carbocycles. The third kappa shape index (κ3) is 4.08. The highest BCUT2D eigenvalue weighted by Crippen LogP contribution is 2.29. The van der Waals surface area contributed by atoms with Crippen LogP contribution in [0.25, 0.3) is 0 Å². The number of primary sulfonamides is 1. The second-order valence-corrected chi connectivity index (χ2v) is 7.04. The summed E-state index contributed by atoms with van der Waals surface area (Å²) in [5, 5.41) is 7.62. The molecule has 6 nitrogen and oxygen atoms in total. The van der Waals surface area contributed by atoms with E-state index in [0.29, 0.717) is 13.2 Å². The molecule has 1 aliphatic heterocycles. The number of nitrogens with one attached hydrogen (secondary N) is 1. The molecule has 0 bridgehead atoms. The van der Waals surface area contributed by atoms with Crippen molar-refractivity contribution >= 4 is 39.1 Å². The molecule has 9 heteroatoms. The first-order valence-electron chi connectivity index (χ1n) is 6.19. The number of carbonyl (C=O) groups excluding carboxylic acids is 1. The van der Waals surface area contributed by atoms with Gasteiger partial charge in [0.05, 0.1) is 23.2 Å². The lowest BCUT2D eigenvalue weighted by Gasteiger charge is -2.23. The lowest BCUT2D eigenvalue weighted by Crippen LogP contribution is -2.40. The van der Waals surface area contributed by atoms with Crippen molar-refractivity contribution in [1.29, 1.82) is 0 Å². The Bertz CT molecular complexity index is 657. The summed E-state index contributed by atoms with van der Waals surface area (Å²) in [7, 11) is -4.07. The third-order valence-electron chi connectivity index (χ3n) is 3.05. The molecule has 1 saturated heterocycles. The van der Waals surface area contributed by atoms with Crippen LogP contribution in [-0.4, -0.2) is 33.6 Å². The average Bonchev–Trinajstić information content (AvgIpc) is 2.40. The number of nitrogens with two attached hydrogens (primary N) is 1. The number of rotatable bonds is 3. The predicted molar refractivity (Wildman–Crippen MR) is 79.1 cm³/mol. The topological polar surface area (TPSA) is 98.5 Å². The summed E-state index contributed by atoms with van der Waals surface area (Å²) in [6.07, 6.45) is 1.63. The van der Waals surface area contributed by atoms with E-state index in [-0.39, 0.29) is 26.5 Å². The maximum atomic E-state index is 12.2. The number of hydrogen-bond acceptors (Lipinski definition) is 4. The highest BCUT2D eigenvalue weighted by molar-refractivity contribution is 7.89. The van der Waals surface area contributed by atoms with Crippen LogP contribution in [0, 0.1) is 0 Å². The SMILES string of the molecule is NS(=O)(=O)c1cc(Cl)cc(C(=O)NC2CCCOC2)c1Cl. The molecule has 3 N–H and O–H groups in total. The number of amides is 1. The summed E-state index contributed by atoms with van der Waals surface area (Å²) in [5.74, 6) is -0.511. The summed E-state index contributed by atoms with van der Waals surface area (Å²) in [6, 6.07) is 2.27. The van der Waals surface area contributed by atoms with Crippen LogP contribution in [0.5, 0.6) is 0 Å². The zero-order chi connectivity index (χ0) is 15.6. The molecule has 1 fully saturated rings. The zero-order valence-electron chi connectivity index (χ0n) is 10.9. The largest absolute Gasteiger partial charge is 0.379 e. The maximum Gasteiger partial charge on any atom is 0.253 e. The van der Waals surface area contributed by atoms with Crippen molar-refractivity contribution in [3.8, 4) is 0 Å². The molecule has 116 valence electrons. The van der Waals surface area contributed by atoms with Gasteiger partial charge in [0.25, 0.3) is 5.91 Å². The van der Waals surface area contributed by atoms with Crippen molar-refractivity contribution in [1.82, 2.24) is 5.32 Å². The standard InChI is InChI=1S/C12H14Cl2N2O4S/c13-7-4-9(11(14)10(5-7)21(15,18)19)12(17)16-8-2-1-3-20-6-8/h4-5,8H,1-3,6H2,(H,16,17)(H2,15,18,19). The predicted octanol–water partition coefficient (Wildman–Crippen LogP) is 1.55. The fraction of sp³-hybridized carbons (Fsp3) is 0.417. The van der Waals surface area contributed by atoms with Gasteiger partial charge in [-0.3, -0.25) is 4.79 Å². The van der Waals surface area contributed by atoms with E-state index in [1.54, 1.807) is 0 Å². The number of benzene rings is 1. The molecular formula is C12H14Cl2N2O4S. The molecule has 0 radical (unpaired) electrons. The fourth-order valence-electron chi connectivity index (χ4n) is 2.05. The van der Waals surface area contributed by atoms with Crippen molar-refractivity contribution in [3.63, 3.8) is 0 Å². The summed E-state index contributed by atoms with van der Waals surface area (Å²) in [6.45, 7) is 1.08. The van der Waals surface area contributed by atoms with Gasteiger partial charge < -0.3 is 10.1 Å². The van der Waals surface area contributed by atoms with Gasteiger partial charge in [0.2, 0.25) is 10.0 Å². The maximum absolute atomic E-state index is 12.2. The van der Waals surface area contributed by atoms with Gasteiger partial charge in [-0.1, -0.05) is 23.2 Å². The van der Waals surface area contributed by atoms with Crippen LogP contribution in [0.15, 0.2) is 17.0 Å². The monoisotopic (exact) mass is 352 g/mol. The van der Waals surface area contributed by atoms with E-state index < -0.39 is 15.9 Å². The lowest BCUT2D eigenvalue weighted by atomic mass is 10.1. The minimum absolute atomic E-state index is 0.0289. The molecule has 1 amide bonds. The van der Waals surface area contributed by atoms with Crippen molar-refractivity contribution in [2.45, 2.75) is 23.8 Å². The molecule has 1 unspecified atom stereocenters. The first-order valence-corrected chi connectivity index (χ1v) is 8.49. The number of halogens is 2. The van der Waals surface area contributed by atoms with E-state index in [0.717, 1.165) is 18.9 Å². The second kappa shape index (κ2) is 6.50. The van der Waals surface area contributed by atoms with Crippen LogP contribution < -0.4 is 10.5 Å². The van der Waals surface area contributed by atoms with E-state index in [1.807, 2.05) is 0 Å². The molecule has 0 aromatic heterocycles. The molecule has 1 aliphatic rings. The smallest absolute Gasteiger partial charge is 0.253 e. The number of ether oxygens (including phenoxy) is 1. The van der Waals surface area contributed by atoms with Gasteiger partial charge in [0, 0.05) is 11.6 Å². The first kappa shape index (κ1) is 16.5. The molecular weight excluding hydrogens is 339 g/mol. The van der Waals surface area contributed by atoms with Gasteiger partial charge in [-0.15, -0.1) is 0 Å². The molecule has 0 spiro atoms. The number of sulfonamides is 1. The third-order valence-corrected chi connectivity index (χ3v) is 4.72. The molecule has 1 atom stereocenters. The Morgan fingerprint density at radius 2 is 2.10 bits per heavy atom. The minimum Gasteiger partial charge on any atom is -0.379 e. The Hall–Kier alpha value is -0.860. The summed E-state index contributed by atoms with van der Waals surface area (Å²) < 4.78 is 28.2. The van der Waals surface area contributed by atoms with E-state index >= 15 is 0 Å². The van der Waals surface area contributed by atoms with Crippen LogP contribution in [-0.2, 0) is 14.8 Å². The van der Waals surface area contributed by atoms with E-state index in [2.05, 4.69) is 5.32 Å². The number of hydrogen-bond donors (Lipinski definition) is 2. The molecule has 2 rings (SSSR count). The van der Waals surface area contributed by atoms with Crippen LogP contribution in [0.3, 0.4) is 0 Å². The van der Waals surface area contributed by atoms with Gasteiger partial charge in [-0.05, 0) is 25.0 Å².